The molecule has 9 nitrogen and oxygen atoms in total. The van der Waals surface area contributed by atoms with Crippen molar-refractivity contribution in [2.45, 2.75) is 39.0 Å². The normalized spacial score (nSPS) is 15.1. The number of carbonyl (C=O) groups excluding carboxylic acids is 2. The van der Waals surface area contributed by atoms with Crippen LogP contribution in [0.4, 0.5) is 27.3 Å². The van der Waals surface area contributed by atoms with Crippen molar-refractivity contribution in [3.05, 3.63) is 71.4 Å². The molecule has 3 aromatic rings. The van der Waals surface area contributed by atoms with Crippen LogP contribution in [-0.2, 0) is 4.84 Å². The van der Waals surface area contributed by atoms with Gasteiger partial charge in [0.25, 0.3) is 11.8 Å². The number of nitrogens with one attached hydrogen (secondary N) is 2. The molecule has 0 radical (unpaired) electrons. The molecule has 2 amide bonds. The number of rotatable bonds is 9. The molecule has 0 unspecified atom stereocenters. The van der Waals surface area contributed by atoms with Crippen LogP contribution in [0.2, 0.25) is 0 Å². The first-order valence-electron chi connectivity index (χ1n) is 13.3. The zero-order valence-corrected chi connectivity index (χ0v) is 22.2. The van der Waals surface area contributed by atoms with E-state index in [0.29, 0.717) is 28.7 Å². The van der Waals surface area contributed by atoms with Crippen LogP contribution in [0.3, 0.4) is 0 Å². The minimum absolute atomic E-state index is 0.198. The Hall–Kier alpha value is -4.05. The molecule has 1 aliphatic heterocycles. The number of aryl methyl sites for hydroxylation is 1. The first kappa shape index (κ1) is 26.6. The summed E-state index contributed by atoms with van der Waals surface area (Å²) < 4.78 is 14.4. The third-order valence-corrected chi connectivity index (χ3v) is 7.06. The molecule has 3 heterocycles. The van der Waals surface area contributed by atoms with Crippen LogP contribution >= 0.6 is 0 Å². The Labute approximate surface area is 227 Å². The van der Waals surface area contributed by atoms with Crippen molar-refractivity contribution in [3.63, 3.8) is 0 Å². The van der Waals surface area contributed by atoms with Crippen molar-refractivity contribution in [3.8, 4) is 0 Å². The number of halogens is 1. The molecule has 1 saturated heterocycles. The van der Waals surface area contributed by atoms with Crippen LogP contribution in [0.1, 0.15) is 58.5 Å². The first-order valence-corrected chi connectivity index (χ1v) is 13.3. The SMILES string of the molecule is CON(C(=O)c1cc(NC(=O)c2cc(F)cc(N3CCCCC3)c2)cnc1C)c1ccc(NCC2CC2)nc1. The molecule has 2 aromatic heterocycles. The smallest absolute Gasteiger partial charge is 0.284 e. The number of anilines is 4. The highest BCUT2D eigenvalue weighted by Gasteiger charge is 2.23. The summed E-state index contributed by atoms with van der Waals surface area (Å²) in [5.41, 5.74) is 2.37. The fourth-order valence-corrected chi connectivity index (χ4v) is 4.66. The van der Waals surface area contributed by atoms with E-state index < -0.39 is 17.6 Å². The van der Waals surface area contributed by atoms with Crippen molar-refractivity contribution in [2.24, 2.45) is 5.92 Å². The number of hydrogen-bond donors (Lipinski definition) is 2. The van der Waals surface area contributed by atoms with E-state index >= 15 is 0 Å². The average Bonchev–Trinajstić information content (AvgIpc) is 3.79. The van der Waals surface area contributed by atoms with Crippen LogP contribution in [0.5, 0.6) is 0 Å². The summed E-state index contributed by atoms with van der Waals surface area (Å²) in [6.07, 6.45) is 8.75. The Morgan fingerprint density at radius 1 is 1.08 bits per heavy atom. The van der Waals surface area contributed by atoms with E-state index in [9.17, 15) is 14.0 Å². The lowest BCUT2D eigenvalue weighted by molar-refractivity contribution is 0.0771. The molecule has 0 spiro atoms. The second-order valence-corrected chi connectivity index (χ2v) is 10.1. The van der Waals surface area contributed by atoms with Gasteiger partial charge in [-0.2, -0.15) is 5.06 Å². The second-order valence-electron chi connectivity index (χ2n) is 10.1. The van der Waals surface area contributed by atoms with E-state index in [1.807, 2.05) is 0 Å². The van der Waals surface area contributed by atoms with Gasteiger partial charge in [-0.15, -0.1) is 0 Å². The molecule has 1 aromatic carbocycles. The Bertz CT molecular complexity index is 1340. The fraction of sp³-hybridized carbons (Fsp3) is 0.379. The number of hydroxylamine groups is 1. The van der Waals surface area contributed by atoms with Gasteiger partial charge in [0.2, 0.25) is 0 Å². The van der Waals surface area contributed by atoms with Gasteiger partial charge in [0.1, 0.15) is 11.6 Å². The number of aromatic nitrogens is 2. The highest BCUT2D eigenvalue weighted by Crippen LogP contribution is 2.29. The lowest BCUT2D eigenvalue weighted by Crippen LogP contribution is -2.31. The molecular formula is C29H33FN6O3. The zero-order chi connectivity index (χ0) is 27.4. The van der Waals surface area contributed by atoms with Crippen molar-refractivity contribution < 1.29 is 18.8 Å². The predicted molar refractivity (Wildman–Crippen MR) is 149 cm³/mol. The Morgan fingerprint density at radius 3 is 2.56 bits per heavy atom. The van der Waals surface area contributed by atoms with Crippen molar-refractivity contribution in [2.75, 3.05) is 47.3 Å². The van der Waals surface area contributed by atoms with E-state index in [1.54, 1.807) is 37.4 Å². The molecule has 1 aliphatic carbocycles. The minimum atomic E-state index is -0.487. The summed E-state index contributed by atoms with van der Waals surface area (Å²) in [5.74, 6) is 0.0252. The van der Waals surface area contributed by atoms with Gasteiger partial charge >= 0.3 is 0 Å². The second kappa shape index (κ2) is 11.8. The topological polar surface area (TPSA) is 99.7 Å². The van der Waals surface area contributed by atoms with E-state index in [0.717, 1.165) is 49.8 Å². The molecule has 1 saturated carbocycles. The van der Waals surface area contributed by atoms with Gasteiger partial charge in [0.05, 0.1) is 42.1 Å². The van der Waals surface area contributed by atoms with E-state index in [4.69, 9.17) is 4.84 Å². The lowest BCUT2D eigenvalue weighted by Gasteiger charge is -2.29. The number of nitrogens with zero attached hydrogens (tertiary/aromatic N) is 4. The summed E-state index contributed by atoms with van der Waals surface area (Å²) in [4.78, 5) is 42.7. The Kier molecular flexibility index (Phi) is 8.02. The number of hydrogen-bond acceptors (Lipinski definition) is 7. The summed E-state index contributed by atoms with van der Waals surface area (Å²) in [6, 6.07) is 9.45. The number of piperidine rings is 1. The average molecular weight is 533 g/mol. The third kappa shape index (κ3) is 6.51. The van der Waals surface area contributed by atoms with Crippen molar-refractivity contribution in [1.29, 1.82) is 0 Å². The largest absolute Gasteiger partial charge is 0.371 e. The molecule has 2 fully saturated rings. The van der Waals surface area contributed by atoms with Crippen molar-refractivity contribution in [1.82, 2.24) is 9.97 Å². The van der Waals surface area contributed by atoms with Crippen LogP contribution in [0.25, 0.3) is 0 Å². The van der Waals surface area contributed by atoms with E-state index in [2.05, 4.69) is 25.5 Å². The molecule has 2 aliphatic rings. The minimum Gasteiger partial charge on any atom is -0.371 e. The third-order valence-electron chi connectivity index (χ3n) is 7.06. The molecule has 10 heteroatoms. The molecule has 204 valence electrons. The summed E-state index contributed by atoms with van der Waals surface area (Å²) in [7, 11) is 1.40. The molecule has 5 rings (SSSR count). The van der Waals surface area contributed by atoms with Crippen LogP contribution < -0.4 is 20.6 Å². The molecule has 0 bridgehead atoms. The van der Waals surface area contributed by atoms with Crippen LogP contribution in [0.15, 0.2) is 48.8 Å². The maximum atomic E-state index is 14.4. The Morgan fingerprint density at radius 2 is 1.87 bits per heavy atom. The van der Waals surface area contributed by atoms with Gasteiger partial charge in [-0.3, -0.25) is 19.4 Å². The maximum absolute atomic E-state index is 14.4. The standard InChI is InChI=1S/C29H33FN6O3/c1-19-26(29(38)36(39-2)24-8-9-27(33-18-24)32-16-20-6-7-20)15-23(17-31-19)34-28(37)21-12-22(30)14-25(13-21)35-10-4-3-5-11-35/h8-9,12-15,17-18,20H,3-7,10-11,16H2,1-2H3,(H,32,33)(H,34,37). The predicted octanol–water partition coefficient (Wildman–Crippen LogP) is 5.20. The monoisotopic (exact) mass is 532 g/mol. The number of carbonyl (C=O) groups is 2. The quantitative estimate of drug-likeness (QED) is 0.366. The van der Waals surface area contributed by atoms with Gasteiger partial charge in [-0.05, 0) is 81.3 Å². The number of benzene rings is 1. The summed E-state index contributed by atoms with van der Waals surface area (Å²) >= 11 is 0. The van der Waals surface area contributed by atoms with E-state index in [-0.39, 0.29) is 11.1 Å². The highest BCUT2D eigenvalue weighted by molar-refractivity contribution is 6.08. The van der Waals surface area contributed by atoms with E-state index in [1.165, 1.54) is 38.3 Å². The van der Waals surface area contributed by atoms with Gasteiger partial charge < -0.3 is 15.5 Å². The maximum Gasteiger partial charge on any atom is 0.284 e. The number of pyridine rings is 2. The van der Waals surface area contributed by atoms with Gasteiger partial charge in [-0.25, -0.2) is 9.37 Å². The Balaban J connectivity index is 1.31. The van der Waals surface area contributed by atoms with Crippen LogP contribution in [-0.4, -0.2) is 48.5 Å². The van der Waals surface area contributed by atoms with Crippen molar-refractivity contribution >= 4 is 34.7 Å². The molecular weight excluding hydrogens is 499 g/mol. The van der Waals surface area contributed by atoms with Crippen LogP contribution in [0, 0.1) is 18.7 Å². The lowest BCUT2D eigenvalue weighted by atomic mass is 10.1. The summed E-state index contributed by atoms with van der Waals surface area (Å²) in [6.45, 7) is 4.26. The van der Waals surface area contributed by atoms with Gasteiger partial charge in [0.15, 0.2) is 0 Å². The zero-order valence-electron chi connectivity index (χ0n) is 22.2. The molecule has 39 heavy (non-hydrogen) atoms. The number of amides is 2. The molecule has 2 N–H and O–H groups in total. The van der Waals surface area contributed by atoms with Gasteiger partial charge in [-0.1, -0.05) is 0 Å². The fourth-order valence-electron chi connectivity index (χ4n) is 4.66. The molecule has 0 atom stereocenters. The highest BCUT2D eigenvalue weighted by atomic mass is 19.1. The summed E-state index contributed by atoms with van der Waals surface area (Å²) in [5, 5.41) is 7.17. The first-order chi connectivity index (χ1) is 18.9. The van der Waals surface area contributed by atoms with Gasteiger partial charge in [0, 0.05) is 30.9 Å².